The Labute approximate surface area is 145 Å². The van der Waals surface area contributed by atoms with Gasteiger partial charge in [-0.15, -0.1) is 0 Å². The summed E-state index contributed by atoms with van der Waals surface area (Å²) in [5.41, 5.74) is 2.56. The SMILES string of the molecule is CCCNC(=O)NC(=O)C[NH2+][C@H](c1ccc(CCC)cc1)C(C)C. The molecule has 0 saturated carbocycles. The molecular weight excluding hydrogens is 302 g/mol. The number of nitrogens with one attached hydrogen (secondary N) is 2. The molecule has 134 valence electrons. The first-order chi connectivity index (χ1) is 11.5. The molecule has 0 unspecified atom stereocenters. The number of hydrogen-bond acceptors (Lipinski definition) is 2. The summed E-state index contributed by atoms with van der Waals surface area (Å²) in [5, 5.41) is 7.01. The van der Waals surface area contributed by atoms with Crippen LogP contribution in [0.25, 0.3) is 0 Å². The summed E-state index contributed by atoms with van der Waals surface area (Å²) in [4.78, 5) is 23.4. The highest BCUT2D eigenvalue weighted by molar-refractivity contribution is 5.94. The van der Waals surface area contributed by atoms with E-state index in [4.69, 9.17) is 0 Å². The zero-order valence-corrected chi connectivity index (χ0v) is 15.4. The van der Waals surface area contributed by atoms with Crippen LogP contribution in [0, 0.1) is 5.92 Å². The highest BCUT2D eigenvalue weighted by atomic mass is 16.2. The molecule has 1 aromatic carbocycles. The fourth-order valence-corrected chi connectivity index (χ4v) is 2.68. The van der Waals surface area contributed by atoms with Gasteiger partial charge >= 0.3 is 6.03 Å². The first-order valence-electron chi connectivity index (χ1n) is 8.97. The highest BCUT2D eigenvalue weighted by Gasteiger charge is 2.21. The number of nitrogens with two attached hydrogens (primary N) is 1. The lowest BCUT2D eigenvalue weighted by atomic mass is 9.94. The number of hydrogen-bond donors (Lipinski definition) is 3. The molecule has 0 heterocycles. The van der Waals surface area contributed by atoms with Gasteiger partial charge in [0.05, 0.1) is 0 Å². The first kappa shape index (κ1) is 20.2. The molecule has 0 aliphatic carbocycles. The van der Waals surface area contributed by atoms with Gasteiger partial charge in [-0.1, -0.05) is 58.4 Å². The van der Waals surface area contributed by atoms with Crippen molar-refractivity contribution in [1.29, 1.82) is 0 Å². The second-order valence-electron chi connectivity index (χ2n) is 6.51. The molecule has 0 saturated heterocycles. The Morgan fingerprint density at radius 3 is 2.29 bits per heavy atom. The second kappa shape index (κ2) is 10.8. The van der Waals surface area contributed by atoms with Gasteiger partial charge in [0.25, 0.3) is 5.91 Å². The normalized spacial score (nSPS) is 12.0. The van der Waals surface area contributed by atoms with Gasteiger partial charge in [0, 0.05) is 18.0 Å². The Hall–Kier alpha value is -1.88. The van der Waals surface area contributed by atoms with E-state index in [1.54, 1.807) is 0 Å². The predicted molar refractivity (Wildman–Crippen MR) is 96.6 cm³/mol. The quantitative estimate of drug-likeness (QED) is 0.647. The van der Waals surface area contributed by atoms with Gasteiger partial charge in [0.2, 0.25) is 0 Å². The Morgan fingerprint density at radius 2 is 1.75 bits per heavy atom. The van der Waals surface area contributed by atoms with Gasteiger partial charge in [0.1, 0.15) is 6.04 Å². The van der Waals surface area contributed by atoms with Crippen LogP contribution >= 0.6 is 0 Å². The summed E-state index contributed by atoms with van der Waals surface area (Å²) in [5.74, 6) is 0.126. The van der Waals surface area contributed by atoms with E-state index >= 15 is 0 Å². The topological polar surface area (TPSA) is 74.8 Å². The van der Waals surface area contributed by atoms with Crippen LogP contribution in [0.3, 0.4) is 0 Å². The highest BCUT2D eigenvalue weighted by Crippen LogP contribution is 2.18. The minimum Gasteiger partial charge on any atom is -0.338 e. The molecule has 5 heteroatoms. The Morgan fingerprint density at radius 1 is 1.08 bits per heavy atom. The third kappa shape index (κ3) is 7.13. The van der Waals surface area contributed by atoms with Crippen molar-refractivity contribution in [3.8, 4) is 0 Å². The van der Waals surface area contributed by atoms with Crippen LogP contribution in [0.1, 0.15) is 57.7 Å². The Kier molecular flexibility index (Phi) is 9.08. The van der Waals surface area contributed by atoms with Crippen molar-refractivity contribution in [3.05, 3.63) is 35.4 Å². The van der Waals surface area contributed by atoms with Crippen molar-refractivity contribution in [2.24, 2.45) is 5.92 Å². The maximum Gasteiger partial charge on any atom is 0.321 e. The van der Waals surface area contributed by atoms with Crippen molar-refractivity contribution in [2.45, 2.75) is 53.0 Å². The average Bonchev–Trinajstić information content (AvgIpc) is 2.54. The fourth-order valence-electron chi connectivity index (χ4n) is 2.68. The van der Waals surface area contributed by atoms with Gasteiger partial charge in [-0.2, -0.15) is 0 Å². The van der Waals surface area contributed by atoms with E-state index in [1.807, 2.05) is 12.2 Å². The van der Waals surface area contributed by atoms with Crippen molar-refractivity contribution in [2.75, 3.05) is 13.1 Å². The molecule has 0 aliphatic heterocycles. The maximum absolute atomic E-state index is 11.9. The zero-order chi connectivity index (χ0) is 17.9. The number of amides is 3. The Bertz CT molecular complexity index is 512. The molecule has 5 nitrogen and oxygen atoms in total. The van der Waals surface area contributed by atoms with Crippen molar-refractivity contribution < 1.29 is 14.9 Å². The van der Waals surface area contributed by atoms with Crippen LogP contribution in [0.2, 0.25) is 0 Å². The van der Waals surface area contributed by atoms with Crippen LogP contribution in [-0.4, -0.2) is 25.0 Å². The lowest BCUT2D eigenvalue weighted by Gasteiger charge is -2.19. The van der Waals surface area contributed by atoms with E-state index in [0.29, 0.717) is 12.5 Å². The number of imide groups is 1. The van der Waals surface area contributed by atoms with Crippen LogP contribution in [0.4, 0.5) is 4.79 Å². The molecule has 0 aromatic heterocycles. The monoisotopic (exact) mass is 334 g/mol. The number of rotatable bonds is 9. The fraction of sp³-hybridized carbons (Fsp3) is 0.579. The van der Waals surface area contributed by atoms with Crippen LogP contribution in [-0.2, 0) is 11.2 Å². The van der Waals surface area contributed by atoms with E-state index in [-0.39, 0.29) is 18.5 Å². The molecule has 0 fully saturated rings. The number of carbonyl (C=O) groups is 2. The van der Waals surface area contributed by atoms with E-state index < -0.39 is 6.03 Å². The zero-order valence-electron chi connectivity index (χ0n) is 15.4. The predicted octanol–water partition coefficient (Wildman–Crippen LogP) is 2.14. The van der Waals surface area contributed by atoms with Gasteiger partial charge in [-0.05, 0) is 18.4 Å². The molecule has 3 amide bonds. The minimum absolute atomic E-state index is 0.199. The second-order valence-corrected chi connectivity index (χ2v) is 6.51. The maximum atomic E-state index is 11.9. The number of carbonyl (C=O) groups excluding carboxylic acids is 2. The summed E-state index contributed by atoms with van der Waals surface area (Å²) in [6.45, 7) is 9.24. The molecule has 1 atom stereocenters. The standard InChI is InChI=1S/C19H31N3O2/c1-5-7-15-8-10-16(11-9-15)18(14(3)4)21-13-17(23)22-19(24)20-12-6-2/h8-11,14,18,21H,5-7,12-13H2,1-4H3,(H2,20,22,23,24)/p+1/t18-/m0/s1. The first-order valence-corrected chi connectivity index (χ1v) is 8.97. The van der Waals surface area contributed by atoms with Crippen molar-refractivity contribution in [1.82, 2.24) is 10.6 Å². The molecule has 0 bridgehead atoms. The van der Waals surface area contributed by atoms with Crippen molar-refractivity contribution in [3.63, 3.8) is 0 Å². The van der Waals surface area contributed by atoms with Crippen LogP contribution in [0.5, 0.6) is 0 Å². The third-order valence-corrected chi connectivity index (χ3v) is 3.97. The van der Waals surface area contributed by atoms with Gasteiger partial charge in [-0.3, -0.25) is 10.1 Å². The number of quaternary nitrogens is 1. The van der Waals surface area contributed by atoms with E-state index in [9.17, 15) is 9.59 Å². The lowest BCUT2D eigenvalue weighted by molar-refractivity contribution is -0.692. The molecule has 24 heavy (non-hydrogen) atoms. The van der Waals surface area contributed by atoms with Gasteiger partial charge in [0.15, 0.2) is 6.54 Å². The minimum atomic E-state index is -0.416. The summed E-state index contributed by atoms with van der Waals surface area (Å²) in [6, 6.07) is 8.42. The Balaban J connectivity index is 2.57. The molecule has 0 aliphatic rings. The van der Waals surface area contributed by atoms with E-state index in [1.165, 1.54) is 11.1 Å². The summed E-state index contributed by atoms with van der Waals surface area (Å²) < 4.78 is 0. The molecular formula is C19H32N3O2+. The van der Waals surface area contributed by atoms with Crippen LogP contribution in [0.15, 0.2) is 24.3 Å². The largest absolute Gasteiger partial charge is 0.338 e. The molecule has 0 radical (unpaired) electrons. The molecule has 1 rings (SSSR count). The third-order valence-electron chi connectivity index (χ3n) is 3.97. The van der Waals surface area contributed by atoms with E-state index in [0.717, 1.165) is 19.3 Å². The molecule has 1 aromatic rings. The summed E-state index contributed by atoms with van der Waals surface area (Å²) in [7, 11) is 0. The van der Waals surface area contributed by atoms with Gasteiger partial charge in [-0.25, -0.2) is 4.79 Å². The van der Waals surface area contributed by atoms with Crippen molar-refractivity contribution >= 4 is 11.9 Å². The van der Waals surface area contributed by atoms with E-state index in [2.05, 4.69) is 55.7 Å². The van der Waals surface area contributed by atoms with Gasteiger partial charge < -0.3 is 10.6 Å². The number of aryl methyl sites for hydroxylation is 1. The lowest BCUT2D eigenvalue weighted by Crippen LogP contribution is -2.88. The van der Waals surface area contributed by atoms with Crippen LogP contribution < -0.4 is 16.0 Å². The molecule has 0 spiro atoms. The summed E-state index contributed by atoms with van der Waals surface area (Å²) >= 11 is 0. The number of benzene rings is 1. The number of urea groups is 1. The smallest absolute Gasteiger partial charge is 0.321 e. The molecule has 4 N–H and O–H groups in total. The average molecular weight is 334 g/mol. The summed E-state index contributed by atoms with van der Waals surface area (Å²) in [6.07, 6.45) is 3.07.